The van der Waals surface area contributed by atoms with Gasteiger partial charge in [-0.25, -0.2) is 0 Å². The number of carbonyl (C=O) groups is 4. The first-order chi connectivity index (χ1) is 8.84. The summed E-state index contributed by atoms with van der Waals surface area (Å²) >= 11 is 0. The van der Waals surface area contributed by atoms with Gasteiger partial charge in [-0.3, -0.25) is 24.1 Å². The Labute approximate surface area is 111 Å². The largest absolute Gasteiger partial charge is 0.369 e. The van der Waals surface area contributed by atoms with Gasteiger partial charge in [0.05, 0.1) is 0 Å². The second kappa shape index (κ2) is 4.43. The molecule has 1 saturated heterocycles. The zero-order valence-electron chi connectivity index (χ0n) is 11.1. The number of rotatable bonds is 4. The predicted octanol–water partition coefficient (Wildman–Crippen LogP) is -0.148. The molecule has 104 valence electrons. The van der Waals surface area contributed by atoms with Crippen LogP contribution < -0.4 is 5.73 Å². The Morgan fingerprint density at radius 2 is 2.00 bits per heavy atom. The molecule has 3 atom stereocenters. The van der Waals surface area contributed by atoms with E-state index in [1.54, 1.807) is 6.92 Å². The fourth-order valence-corrected chi connectivity index (χ4v) is 3.19. The van der Waals surface area contributed by atoms with Gasteiger partial charge >= 0.3 is 0 Å². The number of amides is 3. The van der Waals surface area contributed by atoms with E-state index < -0.39 is 35.0 Å². The molecule has 1 saturated carbocycles. The summed E-state index contributed by atoms with van der Waals surface area (Å²) in [6.45, 7) is 3.81. The van der Waals surface area contributed by atoms with Crippen molar-refractivity contribution in [3.63, 3.8) is 0 Å². The summed E-state index contributed by atoms with van der Waals surface area (Å²) in [5, 5.41) is 0. The normalized spacial score (nSPS) is 34.0. The third-order valence-electron chi connectivity index (χ3n) is 4.24. The monoisotopic (exact) mass is 266 g/mol. The highest BCUT2D eigenvalue weighted by atomic mass is 16.2. The van der Waals surface area contributed by atoms with E-state index in [4.69, 9.17) is 5.73 Å². The van der Waals surface area contributed by atoms with Crippen LogP contribution in [0.25, 0.3) is 0 Å². The lowest BCUT2D eigenvalue weighted by Crippen LogP contribution is -2.69. The number of imide groups is 1. The Kier molecular flexibility index (Phi) is 3.20. The average molecular weight is 266 g/mol. The lowest BCUT2D eigenvalue weighted by Gasteiger charge is -2.53. The van der Waals surface area contributed by atoms with E-state index in [1.807, 2.05) is 6.92 Å². The molecule has 0 radical (unpaired) electrons. The van der Waals surface area contributed by atoms with Gasteiger partial charge in [-0.2, -0.15) is 0 Å². The number of primary amides is 1. The van der Waals surface area contributed by atoms with E-state index in [-0.39, 0.29) is 18.7 Å². The van der Waals surface area contributed by atoms with Crippen LogP contribution in [-0.2, 0) is 19.2 Å². The number of hydrogen-bond acceptors (Lipinski definition) is 4. The number of nitrogens with two attached hydrogens (primary N) is 1. The van der Waals surface area contributed by atoms with Gasteiger partial charge in [0.25, 0.3) is 0 Å². The Balaban J connectivity index is 2.35. The zero-order valence-corrected chi connectivity index (χ0v) is 11.1. The van der Waals surface area contributed by atoms with Crippen molar-refractivity contribution in [2.45, 2.75) is 33.1 Å². The molecule has 19 heavy (non-hydrogen) atoms. The number of piperidine rings is 1. The second-order valence-corrected chi connectivity index (χ2v) is 5.60. The van der Waals surface area contributed by atoms with E-state index in [2.05, 4.69) is 0 Å². The van der Waals surface area contributed by atoms with Crippen LogP contribution in [0.1, 0.15) is 33.1 Å². The Morgan fingerprint density at radius 1 is 1.37 bits per heavy atom. The van der Waals surface area contributed by atoms with Gasteiger partial charge in [-0.05, 0) is 6.42 Å². The van der Waals surface area contributed by atoms with E-state index in [1.165, 1.54) is 0 Å². The summed E-state index contributed by atoms with van der Waals surface area (Å²) in [5.41, 5.74) is 4.39. The summed E-state index contributed by atoms with van der Waals surface area (Å²) in [6, 6.07) is 0. The first-order valence-corrected chi connectivity index (χ1v) is 6.51. The number of Topliss-reactive ketones (excluding diaryl/α,β-unsaturated/α-hetero) is 1. The number of ketones is 1. The van der Waals surface area contributed by atoms with Gasteiger partial charge in [-0.15, -0.1) is 0 Å². The predicted molar refractivity (Wildman–Crippen MR) is 65.5 cm³/mol. The molecule has 3 amide bonds. The van der Waals surface area contributed by atoms with Gasteiger partial charge in [0.15, 0.2) is 0 Å². The van der Waals surface area contributed by atoms with Gasteiger partial charge in [0.2, 0.25) is 17.7 Å². The number of likely N-dealkylation sites (tertiary alicyclic amines) is 1. The summed E-state index contributed by atoms with van der Waals surface area (Å²) in [5.74, 6) is -3.90. The van der Waals surface area contributed by atoms with Crippen molar-refractivity contribution in [2.75, 3.05) is 6.54 Å². The quantitative estimate of drug-likeness (QED) is 0.565. The molecule has 6 heteroatoms. The number of fused-ring (bicyclic) bond motifs is 1. The molecular formula is C13H18N2O4. The summed E-state index contributed by atoms with van der Waals surface area (Å²) in [6.07, 6.45) is 1.54. The van der Waals surface area contributed by atoms with Gasteiger partial charge in [0, 0.05) is 18.4 Å². The minimum absolute atomic E-state index is 0.0738. The highest BCUT2D eigenvalue weighted by molar-refractivity contribution is 6.19. The van der Waals surface area contributed by atoms with Crippen molar-refractivity contribution in [3.8, 4) is 0 Å². The minimum Gasteiger partial charge on any atom is -0.369 e. The van der Waals surface area contributed by atoms with Crippen molar-refractivity contribution in [1.82, 2.24) is 4.90 Å². The van der Waals surface area contributed by atoms with Crippen molar-refractivity contribution < 1.29 is 19.2 Å². The molecule has 0 aromatic heterocycles. The first-order valence-electron chi connectivity index (χ1n) is 6.51. The highest BCUT2D eigenvalue weighted by Crippen LogP contribution is 2.53. The Hall–Kier alpha value is -1.72. The number of hydrogen-bond donors (Lipinski definition) is 1. The molecular weight excluding hydrogens is 248 g/mol. The molecule has 2 aliphatic rings. The smallest absolute Gasteiger partial charge is 0.242 e. The molecule has 2 fully saturated rings. The first kappa shape index (κ1) is 13.7. The molecule has 2 rings (SSSR count). The molecule has 0 aromatic rings. The number of nitrogens with zero attached hydrogens (tertiary/aromatic N) is 1. The lowest BCUT2D eigenvalue weighted by molar-refractivity contribution is -0.180. The molecule has 1 heterocycles. The van der Waals surface area contributed by atoms with Crippen molar-refractivity contribution in [3.05, 3.63) is 0 Å². The SMILES string of the molecule is CCCCN1C(=O)C(C(N)=O)C2(C)CC(=O)C2C1=O. The molecule has 3 unspecified atom stereocenters. The standard InChI is InChI=1S/C13H18N2O4/c1-3-4-5-15-11(18)8-7(16)6-13(8,2)9(10(14)17)12(15)19/h8-9H,3-6H2,1-2H3,(H2,14,17). The van der Waals surface area contributed by atoms with Crippen LogP contribution in [0, 0.1) is 17.3 Å². The molecule has 1 aliphatic heterocycles. The zero-order chi connectivity index (χ0) is 14.4. The van der Waals surface area contributed by atoms with Crippen LogP contribution in [0.3, 0.4) is 0 Å². The molecule has 6 nitrogen and oxygen atoms in total. The molecule has 0 bridgehead atoms. The fraction of sp³-hybridized carbons (Fsp3) is 0.692. The maximum atomic E-state index is 12.3. The third-order valence-corrected chi connectivity index (χ3v) is 4.24. The Bertz CT molecular complexity index is 473. The number of carbonyl (C=O) groups excluding carboxylic acids is 4. The topological polar surface area (TPSA) is 97.5 Å². The van der Waals surface area contributed by atoms with Gasteiger partial charge < -0.3 is 5.73 Å². The number of unbranched alkanes of at least 4 members (excludes halogenated alkanes) is 1. The van der Waals surface area contributed by atoms with Gasteiger partial charge in [0.1, 0.15) is 17.6 Å². The maximum Gasteiger partial charge on any atom is 0.242 e. The average Bonchev–Trinajstić information content (AvgIpc) is 2.26. The van der Waals surface area contributed by atoms with Gasteiger partial charge in [-0.1, -0.05) is 20.3 Å². The molecule has 0 aromatic carbocycles. The Morgan fingerprint density at radius 3 is 2.47 bits per heavy atom. The summed E-state index contributed by atoms with van der Waals surface area (Å²) in [7, 11) is 0. The summed E-state index contributed by atoms with van der Waals surface area (Å²) in [4.78, 5) is 48.7. The molecule has 0 spiro atoms. The molecule has 2 N–H and O–H groups in total. The lowest BCUT2D eigenvalue weighted by atomic mass is 9.51. The van der Waals surface area contributed by atoms with Crippen LogP contribution in [0.2, 0.25) is 0 Å². The van der Waals surface area contributed by atoms with E-state index in [9.17, 15) is 19.2 Å². The fourth-order valence-electron chi connectivity index (χ4n) is 3.19. The van der Waals surface area contributed by atoms with Crippen molar-refractivity contribution in [2.24, 2.45) is 23.0 Å². The highest BCUT2D eigenvalue weighted by Gasteiger charge is 2.66. The maximum absolute atomic E-state index is 12.3. The van der Waals surface area contributed by atoms with Crippen LogP contribution in [0.5, 0.6) is 0 Å². The van der Waals surface area contributed by atoms with Crippen LogP contribution in [0.4, 0.5) is 0 Å². The van der Waals surface area contributed by atoms with Crippen LogP contribution >= 0.6 is 0 Å². The summed E-state index contributed by atoms with van der Waals surface area (Å²) < 4.78 is 0. The van der Waals surface area contributed by atoms with Crippen molar-refractivity contribution >= 4 is 23.5 Å². The van der Waals surface area contributed by atoms with Crippen LogP contribution in [0.15, 0.2) is 0 Å². The van der Waals surface area contributed by atoms with Crippen LogP contribution in [-0.4, -0.2) is 34.9 Å². The minimum atomic E-state index is -1.07. The third kappa shape index (κ3) is 1.77. The van der Waals surface area contributed by atoms with E-state index in [0.717, 1.165) is 11.3 Å². The van der Waals surface area contributed by atoms with E-state index in [0.29, 0.717) is 6.42 Å². The van der Waals surface area contributed by atoms with Crippen molar-refractivity contribution in [1.29, 1.82) is 0 Å². The van der Waals surface area contributed by atoms with E-state index >= 15 is 0 Å². The molecule has 1 aliphatic carbocycles. The second-order valence-electron chi connectivity index (χ2n) is 5.60.